The van der Waals surface area contributed by atoms with E-state index in [2.05, 4.69) is 42.5 Å². The number of carbonyl (C=O) groups excluding carboxylic acids is 7. The second kappa shape index (κ2) is 47.0. The lowest BCUT2D eigenvalue weighted by atomic mass is 9.82. The summed E-state index contributed by atoms with van der Waals surface area (Å²) in [6, 6.07) is 54.9. The predicted molar refractivity (Wildman–Crippen MR) is 431 cm³/mol. The molecule has 1 aliphatic carbocycles. The highest BCUT2D eigenvalue weighted by molar-refractivity contribution is 5.81. The number of alkyl carbamates (subject to hydrolysis) is 6. The van der Waals surface area contributed by atoms with Crippen LogP contribution in [0.15, 0.2) is 212 Å². The van der Waals surface area contributed by atoms with Gasteiger partial charge in [0.2, 0.25) is 5.91 Å². The predicted octanol–water partition coefficient (Wildman–Crippen LogP) is 4.54. The molecule has 7 aromatic rings. The molecule has 660 valence electrons. The quantitative estimate of drug-likeness (QED) is 0.0187. The van der Waals surface area contributed by atoms with E-state index in [1.807, 2.05) is 30.3 Å². The van der Waals surface area contributed by atoms with E-state index in [-0.39, 0.29) is 79.0 Å². The Balaban J connectivity index is 0.880. The number of rotatable bonds is 38. The molecule has 123 heavy (non-hydrogen) atoms. The molecule has 5 aliphatic rings. The Morgan fingerprint density at radius 3 is 1.33 bits per heavy atom. The number of hydrogen-bond donors (Lipinski definition) is 14. The summed E-state index contributed by atoms with van der Waals surface area (Å²) in [7, 11) is 0. The maximum atomic E-state index is 14.8. The molecule has 12 rings (SSSR count). The summed E-state index contributed by atoms with van der Waals surface area (Å²) in [5.41, 5.74) is 4.42. The first-order valence-corrected chi connectivity index (χ1v) is 40.5. The summed E-state index contributed by atoms with van der Waals surface area (Å²) in [4.78, 5) is 96.7. The van der Waals surface area contributed by atoms with Crippen molar-refractivity contribution >= 4 is 42.5 Å². The molecule has 7 aromatic carbocycles. The van der Waals surface area contributed by atoms with Crippen LogP contribution >= 0.6 is 0 Å². The standard InChI is InChI=1S/C87H104N8O28/c96-45-64-74(122-79-66(94-86(107)115-50-57-31-16-5-17-32-57)69(99)68(98)63(117-79)44-91-84(105)113-48-55-27-12-3-13-28-55)71(101)81(118-64)123-76-72(109-42-41-88-38-22-39-89-82(103)111-46-53-23-8-1-9-24-53)60(92-77(102)62(97)37-40-90-83(104)112-47-54-25-10-2-11-26-54)43-61(93-85(106)114-49-56-29-14-4-15-30-56)73(76)120-80-67(95-87(108)116-51-58-33-18-6-19-34-58)70(100)75-65(119-80)52-110-78(121-75)59-35-20-7-21-36-59/h1-21,23-36,60-76,78-81,88,96-101H,22,37-52H2,(H,89,103)(H,90,104)(H,91,105)(H,92,102)(H,93,106)(H,94,107)(H,95,108)/t60-,61+,62+,63+,64-,65-,66-,67-,68-,69-,70-,71-,72+,73-,74-,75-,76-,78?,79-,80-,81+/m1/s1. The molecule has 7 amide bonds. The molecule has 0 radical (unpaired) electrons. The minimum Gasteiger partial charge on any atom is -0.445 e. The lowest BCUT2D eigenvalue weighted by Crippen LogP contribution is -2.71. The molecule has 21 atom stereocenters. The van der Waals surface area contributed by atoms with E-state index >= 15 is 0 Å². The van der Waals surface area contributed by atoms with Crippen LogP contribution in [0.2, 0.25) is 0 Å². The third-order valence-corrected chi connectivity index (χ3v) is 20.7. The molecule has 36 nitrogen and oxygen atoms in total. The molecule has 14 N–H and O–H groups in total. The number of benzene rings is 7. The molecule has 5 fully saturated rings. The van der Waals surface area contributed by atoms with Crippen LogP contribution in [0.1, 0.15) is 64.5 Å². The first-order chi connectivity index (χ1) is 59.9. The summed E-state index contributed by atoms with van der Waals surface area (Å²) in [5, 5.41) is 94.7. The van der Waals surface area contributed by atoms with Gasteiger partial charge in [0.1, 0.15) is 131 Å². The summed E-state index contributed by atoms with van der Waals surface area (Å²) < 4.78 is 93.1. The van der Waals surface area contributed by atoms with E-state index in [1.54, 1.807) is 182 Å². The van der Waals surface area contributed by atoms with Gasteiger partial charge in [-0.3, -0.25) is 4.79 Å². The Morgan fingerprint density at radius 2 is 0.821 bits per heavy atom. The van der Waals surface area contributed by atoms with Gasteiger partial charge in [-0.1, -0.05) is 212 Å². The third-order valence-electron chi connectivity index (χ3n) is 20.7. The van der Waals surface area contributed by atoms with E-state index in [4.69, 9.17) is 71.1 Å². The minimum absolute atomic E-state index is 0.0193. The maximum Gasteiger partial charge on any atom is 0.407 e. The summed E-state index contributed by atoms with van der Waals surface area (Å²) in [6.45, 7) is -2.91. The number of nitrogens with one attached hydrogen (secondary N) is 8. The fourth-order valence-electron chi connectivity index (χ4n) is 14.4. The van der Waals surface area contributed by atoms with Gasteiger partial charge in [-0.05, 0) is 59.2 Å². The minimum atomic E-state index is -2.13. The number of fused-ring (bicyclic) bond motifs is 1. The number of amides is 7. The van der Waals surface area contributed by atoms with Crippen LogP contribution in [-0.2, 0) is 115 Å². The van der Waals surface area contributed by atoms with Crippen molar-refractivity contribution in [2.45, 2.75) is 188 Å². The number of ether oxygens (including phenoxy) is 15. The topological polar surface area (TPSA) is 476 Å². The van der Waals surface area contributed by atoms with Crippen molar-refractivity contribution in [3.63, 3.8) is 0 Å². The van der Waals surface area contributed by atoms with Gasteiger partial charge in [0.15, 0.2) is 25.2 Å². The van der Waals surface area contributed by atoms with Crippen molar-refractivity contribution in [3.05, 3.63) is 251 Å². The molecule has 0 aromatic heterocycles. The van der Waals surface area contributed by atoms with Crippen LogP contribution in [0, 0.1) is 0 Å². The number of aliphatic hydroxyl groups is 6. The van der Waals surface area contributed by atoms with Crippen molar-refractivity contribution in [2.24, 2.45) is 0 Å². The van der Waals surface area contributed by atoms with Gasteiger partial charge in [0.25, 0.3) is 0 Å². The molecule has 1 unspecified atom stereocenters. The summed E-state index contributed by atoms with van der Waals surface area (Å²) in [5.74, 6) is -1.05. The van der Waals surface area contributed by atoms with Gasteiger partial charge < -0.3 is 144 Å². The average Bonchev–Trinajstić information content (AvgIpc) is 1.67. The number of carbonyl (C=O) groups is 7. The molecule has 4 saturated heterocycles. The van der Waals surface area contributed by atoms with Crippen LogP contribution < -0.4 is 42.5 Å². The van der Waals surface area contributed by atoms with E-state index in [0.29, 0.717) is 39.8 Å². The third kappa shape index (κ3) is 27.2. The Hall–Kier alpha value is -11.0. The fraction of sp³-hybridized carbons (Fsp3) is 0.437. The van der Waals surface area contributed by atoms with Gasteiger partial charge in [0, 0.05) is 31.7 Å². The van der Waals surface area contributed by atoms with Gasteiger partial charge >= 0.3 is 36.6 Å². The molecule has 0 spiro atoms. The molecular weight excluding hydrogens is 1600 g/mol. The zero-order valence-corrected chi connectivity index (χ0v) is 67.0. The Kier molecular flexibility index (Phi) is 34.9. The zero-order valence-electron chi connectivity index (χ0n) is 67.0. The van der Waals surface area contributed by atoms with Crippen molar-refractivity contribution in [1.29, 1.82) is 0 Å². The highest BCUT2D eigenvalue weighted by atomic mass is 16.8. The summed E-state index contributed by atoms with van der Waals surface area (Å²) >= 11 is 0. The van der Waals surface area contributed by atoms with Crippen LogP contribution in [0.5, 0.6) is 0 Å². The van der Waals surface area contributed by atoms with E-state index in [9.17, 15) is 64.2 Å². The van der Waals surface area contributed by atoms with Gasteiger partial charge in [-0.25, -0.2) is 28.8 Å². The molecule has 0 bridgehead atoms. The van der Waals surface area contributed by atoms with Gasteiger partial charge in [-0.2, -0.15) is 0 Å². The number of aliphatic hydroxyl groups excluding tert-OH is 6. The lowest BCUT2D eigenvalue weighted by Gasteiger charge is -2.51. The number of hydrogen-bond acceptors (Lipinski definition) is 29. The second-order valence-electron chi connectivity index (χ2n) is 29.5. The van der Waals surface area contributed by atoms with Crippen molar-refractivity contribution in [1.82, 2.24) is 42.5 Å². The highest BCUT2D eigenvalue weighted by Gasteiger charge is 2.58. The molecule has 4 heterocycles. The van der Waals surface area contributed by atoms with Crippen molar-refractivity contribution in [2.75, 3.05) is 52.5 Å². The van der Waals surface area contributed by atoms with Crippen LogP contribution in [0.4, 0.5) is 28.8 Å². The van der Waals surface area contributed by atoms with E-state index in [0.717, 1.165) is 5.56 Å². The average molecular weight is 1710 g/mol. The van der Waals surface area contributed by atoms with Gasteiger partial charge in [-0.15, -0.1) is 0 Å². The maximum absolute atomic E-state index is 14.8. The van der Waals surface area contributed by atoms with Crippen LogP contribution in [0.3, 0.4) is 0 Å². The Morgan fingerprint density at radius 1 is 0.398 bits per heavy atom. The molecule has 36 heteroatoms. The molecular formula is C87H104N8O28. The monoisotopic (exact) mass is 1710 g/mol. The Bertz CT molecular complexity index is 4390. The van der Waals surface area contributed by atoms with E-state index in [1.165, 1.54) is 0 Å². The first-order valence-electron chi connectivity index (χ1n) is 40.5. The van der Waals surface area contributed by atoms with Crippen molar-refractivity contribution < 1.29 is 135 Å². The fourth-order valence-corrected chi connectivity index (χ4v) is 14.4. The smallest absolute Gasteiger partial charge is 0.407 e. The second-order valence-corrected chi connectivity index (χ2v) is 29.5. The first kappa shape index (κ1) is 91.2. The normalized spacial score (nSPS) is 26.7. The van der Waals surface area contributed by atoms with Crippen molar-refractivity contribution in [3.8, 4) is 0 Å². The SMILES string of the molecule is O=C(NCCCNCCO[C@@H]1[C@@H](O[C@@H]2O[C@H](CO)[C@@H](O[C@H]3O[C@@H](CNC(=O)OCc4ccccc4)[C@@H](O)[C@H](O)[C@H]3NC(=O)OCc3ccccc3)[C@H]2O)[C@H](O[C@H]2O[C@@H]3COC(c4ccccc4)O[C@H]3[C@H](O)[C@H]2NC(=O)OCc2ccccc2)[C@@H](NC(=O)OCc2ccccc2)C[C@H]1NC(=O)[C@@H](O)CCNC(=O)OCc1ccccc1)OCc1ccccc1. The van der Waals surface area contributed by atoms with Crippen LogP contribution in [-0.4, -0.2) is 248 Å². The highest BCUT2D eigenvalue weighted by Crippen LogP contribution is 2.40. The Labute approximate surface area is 708 Å². The lowest BCUT2D eigenvalue weighted by molar-refractivity contribution is -0.359. The van der Waals surface area contributed by atoms with Crippen LogP contribution in [0.25, 0.3) is 0 Å². The summed E-state index contributed by atoms with van der Waals surface area (Å²) in [6.07, 6.45) is -35.6. The zero-order chi connectivity index (χ0) is 86.2. The molecule has 1 saturated carbocycles. The molecule has 4 aliphatic heterocycles. The van der Waals surface area contributed by atoms with E-state index < -0.39 is 197 Å². The van der Waals surface area contributed by atoms with Gasteiger partial charge in [0.05, 0.1) is 31.9 Å². The largest absolute Gasteiger partial charge is 0.445 e.